The molecule has 12 heavy (non-hydrogen) atoms. The van der Waals surface area contributed by atoms with Crippen molar-refractivity contribution in [2.75, 3.05) is 5.75 Å². The van der Waals surface area contributed by atoms with E-state index in [4.69, 9.17) is 0 Å². The van der Waals surface area contributed by atoms with Gasteiger partial charge in [-0.2, -0.15) is 12.6 Å². The minimum atomic E-state index is 0.115. The average molecular weight is 199 g/mol. The van der Waals surface area contributed by atoms with E-state index in [0.717, 1.165) is 5.03 Å². The number of rotatable bonds is 3. The summed E-state index contributed by atoms with van der Waals surface area (Å²) in [5.41, 5.74) is 0. The number of pyridine rings is 1. The lowest BCUT2D eigenvalue weighted by Crippen LogP contribution is -1.92. The SMILES string of the molecule is O=C(CCS)Sc1ccccn1. The smallest absolute Gasteiger partial charge is 0.195 e. The monoisotopic (exact) mass is 199 g/mol. The minimum absolute atomic E-state index is 0.115. The van der Waals surface area contributed by atoms with Crippen molar-refractivity contribution in [1.82, 2.24) is 4.98 Å². The van der Waals surface area contributed by atoms with Crippen LogP contribution in [0, 0.1) is 0 Å². The first-order valence-corrected chi connectivity index (χ1v) is 5.00. The molecule has 64 valence electrons. The molecule has 0 saturated heterocycles. The topological polar surface area (TPSA) is 30.0 Å². The lowest BCUT2D eigenvalue weighted by atomic mass is 10.5. The molecule has 0 spiro atoms. The number of hydrogen-bond donors (Lipinski definition) is 1. The standard InChI is InChI=1S/C8H9NOS2/c10-8(4-6-11)12-7-3-1-2-5-9-7/h1-3,5,11H,4,6H2. The highest BCUT2D eigenvalue weighted by Crippen LogP contribution is 2.16. The molecule has 0 aromatic carbocycles. The van der Waals surface area contributed by atoms with E-state index in [-0.39, 0.29) is 5.12 Å². The molecule has 0 aliphatic carbocycles. The summed E-state index contributed by atoms with van der Waals surface area (Å²) in [5, 5.41) is 0.869. The number of aromatic nitrogens is 1. The van der Waals surface area contributed by atoms with E-state index in [0.29, 0.717) is 12.2 Å². The molecule has 1 heterocycles. The van der Waals surface area contributed by atoms with Gasteiger partial charge in [0.05, 0.1) is 0 Å². The van der Waals surface area contributed by atoms with Crippen molar-refractivity contribution in [3.8, 4) is 0 Å². The summed E-state index contributed by atoms with van der Waals surface area (Å²) in [6.07, 6.45) is 2.17. The largest absolute Gasteiger partial charge is 0.287 e. The Morgan fingerprint density at radius 2 is 2.42 bits per heavy atom. The fourth-order valence-electron chi connectivity index (χ4n) is 0.666. The molecule has 0 unspecified atom stereocenters. The Morgan fingerprint density at radius 3 is 3.00 bits per heavy atom. The van der Waals surface area contributed by atoms with Gasteiger partial charge in [0, 0.05) is 12.6 Å². The van der Waals surface area contributed by atoms with Gasteiger partial charge in [-0.15, -0.1) is 0 Å². The van der Waals surface area contributed by atoms with E-state index in [9.17, 15) is 4.79 Å². The molecule has 4 heteroatoms. The Bertz CT molecular complexity index is 250. The number of thioether (sulfide) groups is 1. The van der Waals surface area contributed by atoms with Gasteiger partial charge >= 0.3 is 0 Å². The van der Waals surface area contributed by atoms with Crippen molar-refractivity contribution in [3.63, 3.8) is 0 Å². The van der Waals surface area contributed by atoms with Crippen molar-refractivity contribution < 1.29 is 4.79 Å². The number of hydrogen-bond acceptors (Lipinski definition) is 4. The van der Waals surface area contributed by atoms with Crippen LogP contribution >= 0.6 is 24.4 Å². The molecule has 0 fully saturated rings. The summed E-state index contributed by atoms with van der Waals surface area (Å²) in [6.45, 7) is 0. The van der Waals surface area contributed by atoms with E-state index in [1.807, 2.05) is 18.2 Å². The Morgan fingerprint density at radius 1 is 1.58 bits per heavy atom. The van der Waals surface area contributed by atoms with Crippen LogP contribution in [0.4, 0.5) is 0 Å². The van der Waals surface area contributed by atoms with E-state index in [1.165, 1.54) is 11.8 Å². The summed E-state index contributed by atoms with van der Waals surface area (Å²) in [7, 11) is 0. The van der Waals surface area contributed by atoms with Gasteiger partial charge in [-0.1, -0.05) is 6.07 Å². The van der Waals surface area contributed by atoms with Crippen molar-refractivity contribution in [1.29, 1.82) is 0 Å². The van der Waals surface area contributed by atoms with E-state index < -0.39 is 0 Å². The van der Waals surface area contributed by atoms with Gasteiger partial charge in [0.15, 0.2) is 5.12 Å². The zero-order valence-corrected chi connectivity index (χ0v) is 8.15. The van der Waals surface area contributed by atoms with Crippen LogP contribution in [0.25, 0.3) is 0 Å². The van der Waals surface area contributed by atoms with Gasteiger partial charge in [-0.3, -0.25) is 4.79 Å². The number of thiol groups is 1. The maximum atomic E-state index is 11.1. The molecule has 0 N–H and O–H groups in total. The van der Waals surface area contributed by atoms with Gasteiger partial charge in [0.1, 0.15) is 5.03 Å². The molecule has 1 aromatic heterocycles. The first kappa shape index (κ1) is 9.61. The second-order valence-corrected chi connectivity index (χ2v) is 3.64. The molecular formula is C8H9NOS2. The van der Waals surface area contributed by atoms with Crippen LogP contribution in [0.1, 0.15) is 6.42 Å². The third-order valence-electron chi connectivity index (χ3n) is 1.17. The molecule has 0 saturated carbocycles. The summed E-state index contributed by atoms with van der Waals surface area (Å²) >= 11 is 5.14. The van der Waals surface area contributed by atoms with Gasteiger partial charge in [0.25, 0.3) is 0 Å². The van der Waals surface area contributed by atoms with Gasteiger partial charge in [0.2, 0.25) is 0 Å². The van der Waals surface area contributed by atoms with Crippen LogP contribution in [0.2, 0.25) is 0 Å². The minimum Gasteiger partial charge on any atom is -0.287 e. The lowest BCUT2D eigenvalue weighted by Gasteiger charge is -1.96. The molecule has 0 amide bonds. The average Bonchev–Trinajstić information content (AvgIpc) is 2.06. The molecule has 0 aliphatic rings. The normalized spacial score (nSPS) is 9.75. The maximum Gasteiger partial charge on any atom is 0.195 e. The summed E-state index contributed by atoms with van der Waals surface area (Å²) in [6, 6.07) is 5.51. The number of nitrogens with zero attached hydrogens (tertiary/aromatic N) is 1. The Kier molecular flexibility index (Phi) is 4.18. The van der Waals surface area contributed by atoms with Crippen LogP contribution in [-0.4, -0.2) is 15.9 Å². The quantitative estimate of drug-likeness (QED) is 0.596. The molecule has 0 atom stereocenters. The Labute approximate surface area is 81.2 Å². The van der Waals surface area contributed by atoms with Crippen molar-refractivity contribution in [2.24, 2.45) is 0 Å². The third-order valence-corrected chi connectivity index (χ3v) is 2.28. The van der Waals surface area contributed by atoms with E-state index in [1.54, 1.807) is 6.20 Å². The van der Waals surface area contributed by atoms with Crippen LogP contribution in [0.3, 0.4) is 0 Å². The van der Waals surface area contributed by atoms with Gasteiger partial charge < -0.3 is 0 Å². The molecule has 1 aromatic rings. The highest BCUT2D eigenvalue weighted by atomic mass is 32.2. The Balaban J connectivity index is 2.47. The fraction of sp³-hybridized carbons (Fsp3) is 0.250. The molecule has 2 nitrogen and oxygen atoms in total. The third kappa shape index (κ3) is 3.28. The zero-order chi connectivity index (χ0) is 8.81. The summed E-state index contributed by atoms with van der Waals surface area (Å²) < 4.78 is 0. The Hall–Kier alpha value is -0.480. The van der Waals surface area contributed by atoms with Gasteiger partial charge in [-0.25, -0.2) is 4.98 Å². The van der Waals surface area contributed by atoms with Crippen LogP contribution in [0.15, 0.2) is 29.4 Å². The van der Waals surface area contributed by atoms with Crippen LogP contribution in [0.5, 0.6) is 0 Å². The predicted molar refractivity (Wildman–Crippen MR) is 53.6 cm³/mol. The lowest BCUT2D eigenvalue weighted by molar-refractivity contribution is -0.110. The fourth-order valence-corrected chi connectivity index (χ4v) is 1.72. The van der Waals surface area contributed by atoms with Crippen molar-refractivity contribution >= 4 is 29.5 Å². The summed E-state index contributed by atoms with van der Waals surface area (Å²) in [5.74, 6) is 0.596. The highest BCUT2D eigenvalue weighted by molar-refractivity contribution is 8.13. The molecule has 0 bridgehead atoms. The maximum absolute atomic E-state index is 11.1. The van der Waals surface area contributed by atoms with Crippen molar-refractivity contribution in [3.05, 3.63) is 24.4 Å². The highest BCUT2D eigenvalue weighted by Gasteiger charge is 2.02. The second-order valence-electron chi connectivity index (χ2n) is 2.12. The van der Waals surface area contributed by atoms with Crippen LogP contribution in [-0.2, 0) is 4.79 Å². The number of carbonyl (C=O) groups excluding carboxylic acids is 1. The number of carbonyl (C=O) groups is 1. The van der Waals surface area contributed by atoms with E-state index >= 15 is 0 Å². The van der Waals surface area contributed by atoms with Gasteiger partial charge in [-0.05, 0) is 29.6 Å². The molecule has 0 radical (unpaired) electrons. The zero-order valence-electron chi connectivity index (χ0n) is 6.43. The first-order chi connectivity index (χ1) is 5.83. The van der Waals surface area contributed by atoms with Crippen LogP contribution < -0.4 is 0 Å². The second kappa shape index (κ2) is 5.22. The molecular weight excluding hydrogens is 190 g/mol. The first-order valence-electron chi connectivity index (χ1n) is 3.55. The predicted octanol–water partition coefficient (Wildman–Crippen LogP) is 2.02. The molecule has 0 aliphatic heterocycles. The summed E-state index contributed by atoms with van der Waals surface area (Å²) in [4.78, 5) is 15.1. The van der Waals surface area contributed by atoms with E-state index in [2.05, 4.69) is 17.6 Å². The van der Waals surface area contributed by atoms with Crippen molar-refractivity contribution in [2.45, 2.75) is 11.4 Å². The molecule has 1 rings (SSSR count).